The predicted molar refractivity (Wildman–Crippen MR) is 40.7 cm³/mol. The highest BCUT2D eigenvalue weighted by molar-refractivity contribution is 5.49. The van der Waals surface area contributed by atoms with E-state index < -0.39 is 11.7 Å². The van der Waals surface area contributed by atoms with Crippen LogP contribution in [0.3, 0.4) is 0 Å². The van der Waals surface area contributed by atoms with E-state index >= 15 is 0 Å². The van der Waals surface area contributed by atoms with Crippen LogP contribution in [0.1, 0.15) is 5.56 Å². The number of nitriles is 1. The molecule has 0 saturated carbocycles. The first-order valence-electron chi connectivity index (χ1n) is 3.36. The van der Waals surface area contributed by atoms with E-state index in [-0.39, 0.29) is 5.69 Å². The summed E-state index contributed by atoms with van der Waals surface area (Å²) in [4.78, 5) is 0. The van der Waals surface area contributed by atoms with E-state index in [0.29, 0.717) is 0 Å². The fourth-order valence-electron chi connectivity index (χ4n) is 0.838. The lowest BCUT2D eigenvalue weighted by Crippen LogP contribution is -2.04. The first-order valence-corrected chi connectivity index (χ1v) is 3.36. The Kier molecular flexibility index (Phi) is 2.42. The molecule has 0 atom stereocenters. The Morgan fingerprint density at radius 2 is 2.00 bits per heavy atom. The molecule has 0 amide bonds. The van der Waals surface area contributed by atoms with Crippen molar-refractivity contribution in [2.24, 2.45) is 0 Å². The van der Waals surface area contributed by atoms with Gasteiger partial charge in [-0.05, 0) is 18.2 Å². The maximum Gasteiger partial charge on any atom is 0.416 e. The van der Waals surface area contributed by atoms with Crippen molar-refractivity contribution in [1.82, 2.24) is 0 Å². The molecule has 0 fully saturated rings. The van der Waals surface area contributed by atoms with E-state index in [1.54, 1.807) is 6.19 Å². The number of alkyl halides is 3. The van der Waals surface area contributed by atoms with E-state index in [1.165, 1.54) is 12.1 Å². The van der Waals surface area contributed by atoms with Gasteiger partial charge in [-0.25, -0.2) is 0 Å². The van der Waals surface area contributed by atoms with E-state index in [9.17, 15) is 13.2 Å². The van der Waals surface area contributed by atoms with Gasteiger partial charge in [-0.3, -0.25) is 5.32 Å². The molecular formula is C8H5F3N2. The number of halogens is 3. The second-order valence-electron chi connectivity index (χ2n) is 2.32. The fourth-order valence-corrected chi connectivity index (χ4v) is 0.838. The lowest BCUT2D eigenvalue weighted by atomic mass is 10.2. The quantitative estimate of drug-likeness (QED) is 0.540. The molecule has 5 heteroatoms. The number of benzene rings is 1. The summed E-state index contributed by atoms with van der Waals surface area (Å²) in [6, 6.07) is 4.45. The zero-order valence-electron chi connectivity index (χ0n) is 6.39. The summed E-state index contributed by atoms with van der Waals surface area (Å²) in [7, 11) is 0. The number of anilines is 1. The summed E-state index contributed by atoms with van der Waals surface area (Å²) < 4.78 is 36.3. The highest BCUT2D eigenvalue weighted by Gasteiger charge is 2.30. The number of hydrogen-bond acceptors (Lipinski definition) is 2. The number of nitrogens with zero attached hydrogens (tertiary/aromatic N) is 1. The van der Waals surface area contributed by atoms with Crippen LogP contribution in [0.5, 0.6) is 0 Å². The van der Waals surface area contributed by atoms with Crippen molar-refractivity contribution in [3.05, 3.63) is 29.8 Å². The second-order valence-corrected chi connectivity index (χ2v) is 2.32. The average molecular weight is 186 g/mol. The molecule has 0 aliphatic rings. The predicted octanol–water partition coefficient (Wildman–Crippen LogP) is 2.60. The van der Waals surface area contributed by atoms with Gasteiger partial charge < -0.3 is 0 Å². The first-order chi connectivity index (χ1) is 6.04. The third-order valence-electron chi connectivity index (χ3n) is 1.39. The minimum atomic E-state index is -4.37. The van der Waals surface area contributed by atoms with Gasteiger partial charge >= 0.3 is 6.18 Å². The molecule has 0 aromatic heterocycles. The monoisotopic (exact) mass is 186 g/mol. The molecule has 0 radical (unpaired) electrons. The van der Waals surface area contributed by atoms with Crippen LogP contribution in [0.25, 0.3) is 0 Å². The Labute approximate surface area is 72.6 Å². The molecule has 1 aromatic rings. The van der Waals surface area contributed by atoms with Crippen molar-refractivity contribution < 1.29 is 13.2 Å². The van der Waals surface area contributed by atoms with Crippen molar-refractivity contribution in [1.29, 1.82) is 5.26 Å². The lowest BCUT2D eigenvalue weighted by Gasteiger charge is -2.06. The SMILES string of the molecule is N#CNc1cccc(C(F)(F)F)c1. The van der Waals surface area contributed by atoms with E-state index in [4.69, 9.17) is 5.26 Å². The van der Waals surface area contributed by atoms with Crippen LogP contribution < -0.4 is 5.32 Å². The van der Waals surface area contributed by atoms with Crippen LogP contribution in [0.4, 0.5) is 18.9 Å². The molecule has 2 nitrogen and oxygen atoms in total. The van der Waals surface area contributed by atoms with Gasteiger partial charge in [-0.15, -0.1) is 0 Å². The minimum Gasteiger partial charge on any atom is -0.293 e. The Hall–Kier alpha value is -1.70. The minimum absolute atomic E-state index is 0.136. The molecule has 1 N–H and O–H groups in total. The molecule has 0 saturated heterocycles. The molecule has 0 aliphatic heterocycles. The van der Waals surface area contributed by atoms with Crippen LogP contribution in [0, 0.1) is 11.5 Å². The Bertz CT molecular complexity index is 338. The Morgan fingerprint density at radius 1 is 1.31 bits per heavy atom. The van der Waals surface area contributed by atoms with Gasteiger partial charge in [0.25, 0.3) is 0 Å². The van der Waals surface area contributed by atoms with Crippen molar-refractivity contribution in [3.8, 4) is 6.19 Å². The smallest absolute Gasteiger partial charge is 0.293 e. The highest BCUT2D eigenvalue weighted by Crippen LogP contribution is 2.30. The first kappa shape index (κ1) is 9.39. The summed E-state index contributed by atoms with van der Waals surface area (Å²) >= 11 is 0. The Morgan fingerprint density at radius 3 is 2.54 bits per heavy atom. The summed E-state index contributed by atoms with van der Waals surface area (Å²) in [6.07, 6.45) is -2.82. The molecule has 68 valence electrons. The van der Waals surface area contributed by atoms with E-state index in [0.717, 1.165) is 12.1 Å². The molecule has 0 bridgehead atoms. The topological polar surface area (TPSA) is 35.8 Å². The highest BCUT2D eigenvalue weighted by atomic mass is 19.4. The summed E-state index contributed by atoms with van der Waals surface area (Å²) in [5, 5.41) is 10.3. The summed E-state index contributed by atoms with van der Waals surface area (Å²) in [6.45, 7) is 0. The number of rotatable bonds is 1. The number of nitrogens with one attached hydrogen (secondary N) is 1. The fraction of sp³-hybridized carbons (Fsp3) is 0.125. The summed E-state index contributed by atoms with van der Waals surface area (Å²) in [5.74, 6) is 0. The second kappa shape index (κ2) is 3.35. The molecule has 0 unspecified atom stereocenters. The van der Waals surface area contributed by atoms with Gasteiger partial charge in [0.05, 0.1) is 5.56 Å². The van der Waals surface area contributed by atoms with Gasteiger partial charge in [0, 0.05) is 5.69 Å². The van der Waals surface area contributed by atoms with Crippen molar-refractivity contribution in [2.75, 3.05) is 5.32 Å². The van der Waals surface area contributed by atoms with Gasteiger partial charge in [0.1, 0.15) is 0 Å². The molecule has 1 aromatic carbocycles. The largest absolute Gasteiger partial charge is 0.416 e. The zero-order valence-corrected chi connectivity index (χ0v) is 6.39. The average Bonchev–Trinajstić information content (AvgIpc) is 2.04. The van der Waals surface area contributed by atoms with Crippen LogP contribution >= 0.6 is 0 Å². The maximum absolute atomic E-state index is 12.1. The maximum atomic E-state index is 12.1. The van der Waals surface area contributed by atoms with Crippen LogP contribution in [-0.2, 0) is 6.18 Å². The third kappa shape index (κ3) is 2.37. The van der Waals surface area contributed by atoms with E-state index in [2.05, 4.69) is 5.32 Å². The van der Waals surface area contributed by atoms with Crippen molar-refractivity contribution in [2.45, 2.75) is 6.18 Å². The van der Waals surface area contributed by atoms with Crippen LogP contribution in [0.2, 0.25) is 0 Å². The molecule has 13 heavy (non-hydrogen) atoms. The zero-order chi connectivity index (χ0) is 9.90. The van der Waals surface area contributed by atoms with Crippen molar-refractivity contribution >= 4 is 5.69 Å². The normalized spacial score (nSPS) is 10.6. The molecule has 0 aliphatic carbocycles. The third-order valence-corrected chi connectivity index (χ3v) is 1.39. The molecule has 1 rings (SSSR count). The van der Waals surface area contributed by atoms with Crippen LogP contribution in [-0.4, -0.2) is 0 Å². The molecular weight excluding hydrogens is 181 g/mol. The summed E-state index contributed by atoms with van der Waals surface area (Å²) in [5.41, 5.74) is -0.634. The van der Waals surface area contributed by atoms with Gasteiger partial charge in [-0.2, -0.15) is 18.4 Å². The Balaban J connectivity index is 3.00. The van der Waals surface area contributed by atoms with Gasteiger partial charge in [-0.1, -0.05) is 6.07 Å². The van der Waals surface area contributed by atoms with Crippen LogP contribution in [0.15, 0.2) is 24.3 Å². The number of hydrogen-bond donors (Lipinski definition) is 1. The van der Waals surface area contributed by atoms with Crippen molar-refractivity contribution in [3.63, 3.8) is 0 Å². The van der Waals surface area contributed by atoms with Gasteiger partial charge in [0.15, 0.2) is 6.19 Å². The van der Waals surface area contributed by atoms with Gasteiger partial charge in [0.2, 0.25) is 0 Å². The lowest BCUT2D eigenvalue weighted by molar-refractivity contribution is -0.137. The molecule has 0 heterocycles. The standard InChI is InChI=1S/C8H5F3N2/c9-8(10,11)6-2-1-3-7(4-6)13-5-12/h1-4,13H. The van der Waals surface area contributed by atoms with E-state index in [1.807, 2.05) is 0 Å². The molecule has 0 spiro atoms.